The summed E-state index contributed by atoms with van der Waals surface area (Å²) in [5, 5.41) is 6.83. The first-order chi connectivity index (χ1) is 7.19. The molecule has 0 spiro atoms. The summed E-state index contributed by atoms with van der Waals surface area (Å²) in [4.78, 5) is 0. The van der Waals surface area contributed by atoms with E-state index in [0.29, 0.717) is 10.8 Å². The second-order valence-electron chi connectivity index (χ2n) is 5.76. The lowest BCUT2D eigenvalue weighted by molar-refractivity contribution is 0.0863. The number of hydrogen-bond donors (Lipinski definition) is 2. The van der Waals surface area contributed by atoms with Crippen molar-refractivity contribution in [1.82, 2.24) is 10.6 Å². The van der Waals surface area contributed by atoms with Crippen LogP contribution >= 0.6 is 0 Å². The average Bonchev–Trinajstić information content (AvgIpc) is 3.09. The zero-order chi connectivity index (χ0) is 10.7. The van der Waals surface area contributed by atoms with Gasteiger partial charge in [0.1, 0.15) is 0 Å². The Labute approximate surface area is 92.5 Å². The molecule has 3 aliphatic rings. The third-order valence-electron chi connectivity index (χ3n) is 5.48. The first-order valence-corrected chi connectivity index (χ1v) is 6.29. The van der Waals surface area contributed by atoms with Crippen molar-refractivity contribution < 1.29 is 0 Å². The quantitative estimate of drug-likeness (QED) is 0.689. The van der Waals surface area contributed by atoms with Crippen LogP contribution in [0, 0.1) is 16.7 Å². The van der Waals surface area contributed by atoms with Crippen LogP contribution in [0.2, 0.25) is 0 Å². The Morgan fingerprint density at radius 1 is 1.60 bits per heavy atom. The van der Waals surface area contributed by atoms with E-state index >= 15 is 0 Å². The van der Waals surface area contributed by atoms with Gasteiger partial charge in [0.2, 0.25) is 0 Å². The highest BCUT2D eigenvalue weighted by atomic mass is 15.1. The van der Waals surface area contributed by atoms with E-state index < -0.39 is 0 Å². The molecule has 1 saturated heterocycles. The fourth-order valence-electron chi connectivity index (χ4n) is 4.36. The highest BCUT2D eigenvalue weighted by Gasteiger charge is 2.81. The number of allylic oxidation sites excluding steroid dienone is 1. The lowest BCUT2D eigenvalue weighted by atomic mass is 9.63. The van der Waals surface area contributed by atoms with Gasteiger partial charge in [-0.3, -0.25) is 0 Å². The van der Waals surface area contributed by atoms with E-state index in [9.17, 15) is 0 Å². The summed E-state index contributed by atoms with van der Waals surface area (Å²) in [7, 11) is 2.13. The van der Waals surface area contributed by atoms with Gasteiger partial charge in [-0.15, -0.1) is 0 Å². The fourth-order valence-corrected chi connectivity index (χ4v) is 4.36. The first-order valence-electron chi connectivity index (χ1n) is 6.29. The molecule has 1 aliphatic heterocycles. The smallest absolute Gasteiger partial charge is 0.0542 e. The van der Waals surface area contributed by atoms with Crippen LogP contribution < -0.4 is 10.6 Å². The second-order valence-corrected chi connectivity index (χ2v) is 5.76. The molecule has 2 heteroatoms. The number of hydrogen-bond acceptors (Lipinski definition) is 2. The van der Waals surface area contributed by atoms with Gasteiger partial charge in [-0.25, -0.2) is 0 Å². The molecular weight excluding hydrogens is 184 g/mol. The van der Waals surface area contributed by atoms with Crippen LogP contribution in [-0.4, -0.2) is 19.6 Å². The van der Waals surface area contributed by atoms with Crippen LogP contribution in [0.3, 0.4) is 0 Å². The van der Waals surface area contributed by atoms with Crippen molar-refractivity contribution in [2.75, 3.05) is 13.6 Å². The topological polar surface area (TPSA) is 34.0 Å². The van der Waals surface area contributed by atoms with Crippen LogP contribution in [0.1, 0.15) is 33.1 Å². The van der Waals surface area contributed by atoms with E-state index in [2.05, 4.69) is 37.6 Å². The van der Waals surface area contributed by atoms with Gasteiger partial charge in [0.05, 0.1) is 6.54 Å². The molecule has 1 heterocycles. The molecule has 0 aromatic rings. The summed E-state index contributed by atoms with van der Waals surface area (Å²) in [6.45, 7) is 5.96. The molecule has 4 unspecified atom stereocenters. The van der Waals surface area contributed by atoms with E-state index in [-0.39, 0.29) is 0 Å². The minimum absolute atomic E-state index is 0.600. The van der Waals surface area contributed by atoms with Crippen LogP contribution in [0.5, 0.6) is 0 Å². The summed E-state index contributed by atoms with van der Waals surface area (Å²) in [6, 6.07) is 0.769. The summed E-state index contributed by atoms with van der Waals surface area (Å²) in [6.07, 6.45) is 6.51. The van der Waals surface area contributed by atoms with Crippen molar-refractivity contribution in [2.45, 2.75) is 39.2 Å². The van der Waals surface area contributed by atoms with Gasteiger partial charge in [0, 0.05) is 11.7 Å². The average molecular weight is 206 g/mol. The third kappa shape index (κ3) is 0.988. The largest absolute Gasteiger partial charge is 0.382 e. The van der Waals surface area contributed by atoms with E-state index in [1.54, 1.807) is 0 Å². The van der Waals surface area contributed by atoms with Crippen molar-refractivity contribution >= 4 is 0 Å². The lowest BCUT2D eigenvalue weighted by Gasteiger charge is -2.40. The molecule has 0 aromatic carbocycles. The zero-order valence-electron chi connectivity index (χ0n) is 10.1. The molecule has 0 bridgehead atoms. The normalized spacial score (nSPS) is 53.1. The van der Waals surface area contributed by atoms with Crippen molar-refractivity contribution in [3.63, 3.8) is 0 Å². The maximum Gasteiger partial charge on any atom is 0.0542 e. The van der Waals surface area contributed by atoms with E-state index in [0.717, 1.165) is 18.5 Å². The van der Waals surface area contributed by atoms with Crippen molar-refractivity contribution in [3.05, 3.63) is 11.8 Å². The van der Waals surface area contributed by atoms with Gasteiger partial charge < -0.3 is 10.6 Å². The maximum absolute atomic E-state index is 3.54. The molecule has 2 N–H and O–H groups in total. The molecule has 0 radical (unpaired) electrons. The molecular formula is C13H22N2. The number of fused-ring (bicyclic) bond motifs is 1. The molecule has 0 amide bonds. The molecule has 2 nitrogen and oxygen atoms in total. The Morgan fingerprint density at radius 2 is 2.33 bits per heavy atom. The van der Waals surface area contributed by atoms with Gasteiger partial charge in [-0.2, -0.15) is 0 Å². The Balaban J connectivity index is 1.74. The van der Waals surface area contributed by atoms with Crippen molar-refractivity contribution in [3.8, 4) is 0 Å². The van der Waals surface area contributed by atoms with Gasteiger partial charge in [0.25, 0.3) is 0 Å². The van der Waals surface area contributed by atoms with Crippen LogP contribution in [0.15, 0.2) is 11.8 Å². The van der Waals surface area contributed by atoms with Gasteiger partial charge >= 0.3 is 0 Å². The fraction of sp³-hybridized carbons (Fsp3) is 0.846. The molecule has 3 fully saturated rings. The van der Waals surface area contributed by atoms with Crippen molar-refractivity contribution in [1.29, 1.82) is 0 Å². The minimum atomic E-state index is 0.600. The Morgan fingerprint density at radius 3 is 2.87 bits per heavy atom. The van der Waals surface area contributed by atoms with Crippen LogP contribution in [0.25, 0.3) is 0 Å². The lowest BCUT2D eigenvalue weighted by Crippen LogP contribution is -2.33. The second kappa shape index (κ2) is 2.79. The highest BCUT2D eigenvalue weighted by Crippen LogP contribution is 2.82. The molecule has 3 rings (SSSR count). The summed E-state index contributed by atoms with van der Waals surface area (Å²) >= 11 is 0. The number of rotatable bonds is 4. The first kappa shape index (κ1) is 9.71. The monoisotopic (exact) mass is 206 g/mol. The van der Waals surface area contributed by atoms with Gasteiger partial charge in [-0.05, 0) is 36.6 Å². The zero-order valence-corrected chi connectivity index (χ0v) is 10.1. The highest BCUT2D eigenvalue weighted by molar-refractivity contribution is 5.35. The summed E-state index contributed by atoms with van der Waals surface area (Å²) < 4.78 is 0. The summed E-state index contributed by atoms with van der Waals surface area (Å²) in [5.74, 6) is 0.959. The van der Waals surface area contributed by atoms with Crippen LogP contribution in [-0.2, 0) is 0 Å². The molecule has 0 aromatic heterocycles. The van der Waals surface area contributed by atoms with Gasteiger partial charge in [0.15, 0.2) is 0 Å². The molecule has 15 heavy (non-hydrogen) atoms. The predicted octanol–water partition coefficient (Wildman–Crippen LogP) is 1.89. The van der Waals surface area contributed by atoms with E-state index in [1.165, 1.54) is 25.0 Å². The van der Waals surface area contributed by atoms with Crippen LogP contribution in [0.4, 0.5) is 0 Å². The van der Waals surface area contributed by atoms with E-state index in [1.807, 2.05) is 0 Å². The third-order valence-corrected chi connectivity index (χ3v) is 5.48. The molecule has 2 saturated carbocycles. The summed E-state index contributed by atoms with van der Waals surface area (Å²) in [5.41, 5.74) is 2.68. The Kier molecular flexibility index (Phi) is 1.80. The SMILES string of the molecule is CCC1CC2(C/C=C3/CN3)C(NC)C12C. The van der Waals surface area contributed by atoms with E-state index in [4.69, 9.17) is 0 Å². The van der Waals surface area contributed by atoms with Crippen molar-refractivity contribution in [2.24, 2.45) is 16.7 Å². The molecule has 84 valence electrons. The van der Waals surface area contributed by atoms with Gasteiger partial charge in [-0.1, -0.05) is 26.3 Å². The molecule has 2 aliphatic carbocycles. The minimum Gasteiger partial charge on any atom is -0.382 e. The Bertz CT molecular complexity index is 316. The standard InChI is InChI=1S/C13H22N2/c1-4-9-7-13(6-5-10-8-15-10)11(14-3)12(9,13)2/h5,9,11,14-15H,4,6-8H2,1-3H3/b10-5-. The maximum atomic E-state index is 3.54. The molecule has 4 atom stereocenters. The number of nitrogens with one attached hydrogen (secondary N) is 2. The Hall–Kier alpha value is -0.500. The predicted molar refractivity (Wildman–Crippen MR) is 62.5 cm³/mol.